The van der Waals surface area contributed by atoms with Crippen LogP contribution >= 0.6 is 0 Å². The van der Waals surface area contributed by atoms with Crippen molar-refractivity contribution < 1.29 is 9.53 Å². The van der Waals surface area contributed by atoms with Crippen molar-refractivity contribution in [3.63, 3.8) is 0 Å². The number of pyridine rings is 1. The lowest BCUT2D eigenvalue weighted by Crippen LogP contribution is -2.37. The fraction of sp³-hybridized carbons (Fsp3) is 0.333. The largest absolute Gasteiger partial charge is 0.497 e. The molecule has 166 valence electrons. The van der Waals surface area contributed by atoms with Crippen molar-refractivity contribution >= 4 is 5.91 Å². The Balaban J connectivity index is 1.56. The van der Waals surface area contributed by atoms with Crippen LogP contribution in [0.15, 0.2) is 73.1 Å². The Morgan fingerprint density at radius 2 is 1.84 bits per heavy atom. The lowest BCUT2D eigenvalue weighted by Gasteiger charge is -2.24. The maximum atomic E-state index is 13.4. The van der Waals surface area contributed by atoms with E-state index in [-0.39, 0.29) is 11.8 Å². The van der Waals surface area contributed by atoms with E-state index in [1.807, 2.05) is 29.3 Å². The quantitative estimate of drug-likeness (QED) is 0.562. The van der Waals surface area contributed by atoms with Gasteiger partial charge in [0.2, 0.25) is 5.91 Å². The molecule has 1 fully saturated rings. The Morgan fingerprint density at radius 3 is 2.56 bits per heavy atom. The van der Waals surface area contributed by atoms with Crippen LogP contribution in [0.3, 0.4) is 0 Å². The number of hydrogen-bond donors (Lipinski definition) is 0. The molecule has 1 aliphatic rings. The van der Waals surface area contributed by atoms with Crippen molar-refractivity contribution in [2.45, 2.75) is 19.9 Å². The van der Waals surface area contributed by atoms with Gasteiger partial charge in [-0.1, -0.05) is 42.5 Å². The van der Waals surface area contributed by atoms with Gasteiger partial charge in [-0.15, -0.1) is 0 Å². The highest BCUT2D eigenvalue weighted by Crippen LogP contribution is 2.27. The normalized spacial score (nSPS) is 17.2. The zero-order valence-corrected chi connectivity index (χ0v) is 18.9. The van der Waals surface area contributed by atoms with Crippen LogP contribution in [0.2, 0.25) is 0 Å². The highest BCUT2D eigenvalue weighted by molar-refractivity contribution is 5.80. The molecule has 4 rings (SSSR count). The van der Waals surface area contributed by atoms with Crippen LogP contribution in [0.4, 0.5) is 0 Å². The number of ether oxygens (including phenoxy) is 1. The van der Waals surface area contributed by atoms with Gasteiger partial charge in [0.15, 0.2) is 0 Å². The highest BCUT2D eigenvalue weighted by atomic mass is 16.5. The summed E-state index contributed by atoms with van der Waals surface area (Å²) in [6, 6.07) is 20.6. The van der Waals surface area contributed by atoms with Crippen molar-refractivity contribution in [1.82, 2.24) is 14.8 Å². The van der Waals surface area contributed by atoms with Crippen molar-refractivity contribution in [2.75, 3.05) is 33.3 Å². The lowest BCUT2D eigenvalue weighted by atomic mass is 9.91. The zero-order chi connectivity index (χ0) is 22.3. The van der Waals surface area contributed by atoms with Gasteiger partial charge in [0, 0.05) is 50.7 Å². The van der Waals surface area contributed by atoms with E-state index in [2.05, 4.69) is 59.3 Å². The predicted molar refractivity (Wildman–Crippen MR) is 127 cm³/mol. The zero-order valence-electron chi connectivity index (χ0n) is 18.9. The monoisotopic (exact) mass is 429 g/mol. The first kappa shape index (κ1) is 22.0. The Morgan fingerprint density at radius 1 is 1.03 bits per heavy atom. The van der Waals surface area contributed by atoms with E-state index in [4.69, 9.17) is 4.74 Å². The number of amides is 1. The topological polar surface area (TPSA) is 45.7 Å². The summed E-state index contributed by atoms with van der Waals surface area (Å²) >= 11 is 0. The maximum absolute atomic E-state index is 13.4. The summed E-state index contributed by atoms with van der Waals surface area (Å²) < 4.78 is 5.28. The van der Waals surface area contributed by atoms with E-state index in [9.17, 15) is 4.79 Å². The summed E-state index contributed by atoms with van der Waals surface area (Å²) in [6.45, 7) is 6.05. The van der Waals surface area contributed by atoms with Crippen molar-refractivity contribution in [3.05, 3.63) is 84.2 Å². The number of carbonyl (C=O) groups excluding carboxylic acids is 1. The second kappa shape index (κ2) is 10.4. The minimum atomic E-state index is -0.0754. The molecule has 2 aromatic carbocycles. The highest BCUT2D eigenvalue weighted by Gasteiger charge is 2.30. The molecular formula is C27H31N3O2. The number of rotatable bonds is 7. The molecule has 0 N–H and O–H groups in total. The Kier molecular flexibility index (Phi) is 7.17. The van der Waals surface area contributed by atoms with Crippen LogP contribution in [0, 0.1) is 5.92 Å². The van der Waals surface area contributed by atoms with Crippen molar-refractivity contribution in [1.29, 1.82) is 0 Å². The Labute approximate surface area is 190 Å². The molecule has 1 unspecified atom stereocenters. The molecule has 5 heteroatoms. The molecule has 0 aliphatic carbocycles. The second-order valence-electron chi connectivity index (χ2n) is 8.30. The van der Waals surface area contributed by atoms with E-state index in [1.54, 1.807) is 13.3 Å². The van der Waals surface area contributed by atoms with Crippen LogP contribution in [-0.4, -0.2) is 54.0 Å². The van der Waals surface area contributed by atoms with Crippen LogP contribution in [0.25, 0.3) is 11.1 Å². The molecule has 1 aromatic heterocycles. The number of aromatic nitrogens is 1. The fourth-order valence-electron chi connectivity index (χ4n) is 4.48. The summed E-state index contributed by atoms with van der Waals surface area (Å²) in [5, 5.41) is 0. The number of likely N-dealkylation sites (N-methyl/N-ethyl adjacent to an activating group) is 1. The molecule has 1 atom stereocenters. The second-order valence-corrected chi connectivity index (χ2v) is 8.30. The summed E-state index contributed by atoms with van der Waals surface area (Å²) in [6.07, 6.45) is 4.40. The van der Waals surface area contributed by atoms with E-state index in [0.717, 1.165) is 56.0 Å². The smallest absolute Gasteiger partial charge is 0.227 e. The average molecular weight is 430 g/mol. The Hall–Kier alpha value is -3.18. The van der Waals surface area contributed by atoms with Gasteiger partial charge in [-0.2, -0.15) is 0 Å². The van der Waals surface area contributed by atoms with E-state index in [0.29, 0.717) is 0 Å². The van der Waals surface area contributed by atoms with Gasteiger partial charge < -0.3 is 9.64 Å². The number of carbonyl (C=O) groups is 1. The maximum Gasteiger partial charge on any atom is 0.227 e. The molecule has 0 saturated carbocycles. The first-order valence-electron chi connectivity index (χ1n) is 11.3. The Bertz CT molecular complexity index is 1020. The fourth-order valence-corrected chi connectivity index (χ4v) is 4.48. The van der Waals surface area contributed by atoms with Crippen LogP contribution in [0.1, 0.15) is 18.1 Å². The molecule has 1 aliphatic heterocycles. The summed E-state index contributed by atoms with van der Waals surface area (Å²) in [4.78, 5) is 22.1. The van der Waals surface area contributed by atoms with Crippen molar-refractivity contribution in [3.8, 4) is 16.9 Å². The third-order valence-electron chi connectivity index (χ3n) is 6.23. The van der Waals surface area contributed by atoms with Crippen LogP contribution in [-0.2, 0) is 17.8 Å². The van der Waals surface area contributed by atoms with Gasteiger partial charge in [0.25, 0.3) is 0 Å². The lowest BCUT2D eigenvalue weighted by molar-refractivity contribution is -0.134. The predicted octanol–water partition coefficient (Wildman–Crippen LogP) is 4.28. The molecule has 1 saturated heterocycles. The van der Waals surface area contributed by atoms with Crippen LogP contribution < -0.4 is 4.74 Å². The van der Waals surface area contributed by atoms with E-state index in [1.165, 1.54) is 11.1 Å². The molecule has 0 bridgehead atoms. The van der Waals surface area contributed by atoms with Gasteiger partial charge in [0.05, 0.1) is 13.0 Å². The molecule has 0 radical (unpaired) electrons. The van der Waals surface area contributed by atoms with Gasteiger partial charge >= 0.3 is 0 Å². The van der Waals surface area contributed by atoms with Gasteiger partial charge in [0.1, 0.15) is 5.75 Å². The van der Waals surface area contributed by atoms with Crippen molar-refractivity contribution in [2.24, 2.45) is 5.92 Å². The number of methoxy groups -OCH3 is 1. The van der Waals surface area contributed by atoms with Gasteiger partial charge in [-0.25, -0.2) is 0 Å². The molecular weight excluding hydrogens is 398 g/mol. The van der Waals surface area contributed by atoms with Crippen LogP contribution in [0.5, 0.6) is 5.75 Å². The molecule has 3 aromatic rings. The molecule has 32 heavy (non-hydrogen) atoms. The minimum Gasteiger partial charge on any atom is -0.497 e. The van der Waals surface area contributed by atoms with E-state index < -0.39 is 0 Å². The molecule has 5 nitrogen and oxygen atoms in total. The average Bonchev–Trinajstić information content (AvgIpc) is 2.99. The molecule has 1 amide bonds. The van der Waals surface area contributed by atoms with Gasteiger partial charge in [-0.05, 0) is 48.2 Å². The summed E-state index contributed by atoms with van der Waals surface area (Å²) in [5.74, 6) is 1.04. The number of benzene rings is 2. The standard InChI is InChI=1S/C27H31N3O2/c1-3-30-16-15-29(19-21-10-12-25(32-2)13-11-21)20-24(27(30)31)17-22-7-4-5-9-26(22)23-8-6-14-28-18-23/h4-14,18,24H,3,15-17,19-20H2,1-2H3. The summed E-state index contributed by atoms with van der Waals surface area (Å²) in [7, 11) is 1.68. The number of hydrogen-bond acceptors (Lipinski definition) is 4. The van der Waals surface area contributed by atoms with E-state index >= 15 is 0 Å². The molecule has 2 heterocycles. The minimum absolute atomic E-state index is 0.0754. The third kappa shape index (κ3) is 5.17. The third-order valence-corrected chi connectivity index (χ3v) is 6.23. The first-order valence-corrected chi connectivity index (χ1v) is 11.3. The number of nitrogens with zero attached hydrogens (tertiary/aromatic N) is 3. The summed E-state index contributed by atoms with van der Waals surface area (Å²) in [5.41, 5.74) is 4.67. The molecule has 0 spiro atoms. The SMILES string of the molecule is CCN1CCN(Cc2ccc(OC)cc2)CC(Cc2ccccc2-c2cccnc2)C1=O. The van der Waals surface area contributed by atoms with Gasteiger partial charge in [-0.3, -0.25) is 14.7 Å². The first-order chi connectivity index (χ1) is 15.7.